The van der Waals surface area contributed by atoms with E-state index in [1.807, 2.05) is 0 Å². The number of thiol groups is 1. The van der Waals surface area contributed by atoms with Gasteiger partial charge < -0.3 is 26.8 Å². The summed E-state index contributed by atoms with van der Waals surface area (Å²) in [5, 5.41) is 16.5. The molecule has 0 bridgehead atoms. The van der Waals surface area contributed by atoms with E-state index in [-0.39, 0.29) is 5.75 Å². The molecule has 1 rings (SSSR count). The largest absolute Gasteiger partial charge is 0.480 e. The second-order valence-electron chi connectivity index (χ2n) is 4.96. The first-order valence-electron chi connectivity index (χ1n) is 6.81. The third-order valence-electron chi connectivity index (χ3n) is 3.21. The lowest BCUT2D eigenvalue weighted by Crippen LogP contribution is -2.55. The van der Waals surface area contributed by atoms with Crippen LogP contribution in [0.15, 0.2) is 0 Å². The van der Waals surface area contributed by atoms with Crippen molar-refractivity contribution < 1.29 is 24.3 Å². The van der Waals surface area contributed by atoms with Crippen LogP contribution >= 0.6 is 12.6 Å². The maximum Gasteiger partial charge on any atom is 0.327 e. The van der Waals surface area contributed by atoms with E-state index in [1.54, 1.807) is 0 Å². The Morgan fingerprint density at radius 3 is 2.41 bits per heavy atom. The van der Waals surface area contributed by atoms with E-state index in [4.69, 9.17) is 10.8 Å². The Balaban J connectivity index is 2.69. The number of nitrogens with two attached hydrogens (primary N) is 1. The Morgan fingerprint density at radius 1 is 1.27 bits per heavy atom. The van der Waals surface area contributed by atoms with Gasteiger partial charge in [-0.1, -0.05) is 0 Å². The van der Waals surface area contributed by atoms with Gasteiger partial charge in [0.25, 0.3) is 0 Å². The highest BCUT2D eigenvalue weighted by Crippen LogP contribution is 2.06. The molecule has 0 spiro atoms. The predicted octanol–water partition coefficient (Wildman–Crippen LogP) is -2.40. The van der Waals surface area contributed by atoms with Crippen LogP contribution in [0.2, 0.25) is 0 Å². The first-order chi connectivity index (χ1) is 10.3. The van der Waals surface area contributed by atoms with E-state index in [9.17, 15) is 19.2 Å². The Bertz CT molecular complexity index is 453. The van der Waals surface area contributed by atoms with E-state index in [2.05, 4.69) is 28.6 Å². The highest BCUT2D eigenvalue weighted by Gasteiger charge is 2.30. The molecule has 3 amide bonds. The maximum atomic E-state index is 12.1. The van der Waals surface area contributed by atoms with Gasteiger partial charge in [0.05, 0.1) is 12.5 Å². The number of carboxylic acids is 1. The minimum absolute atomic E-state index is 0.123. The fraction of sp³-hybridized carbons (Fsp3) is 0.667. The van der Waals surface area contributed by atoms with Crippen LogP contribution in [0, 0.1) is 0 Å². The normalized spacial score (nSPS) is 20.0. The monoisotopic (exact) mass is 332 g/mol. The molecular formula is C12H20N4O5S. The standard InChI is InChI=1S/C12H20N4O5S/c13-9(17)4-7(11(19)16-8(5-22)12(20)21)15-10(18)6-2-1-3-14-6/h6-8,14,22H,1-5H2,(H2,13,17)(H,15,18)(H,16,19)(H,20,21). The van der Waals surface area contributed by atoms with Crippen LogP contribution in [-0.2, 0) is 19.2 Å². The van der Waals surface area contributed by atoms with Gasteiger partial charge in [0, 0.05) is 5.75 Å². The predicted molar refractivity (Wildman–Crippen MR) is 80.2 cm³/mol. The van der Waals surface area contributed by atoms with Gasteiger partial charge in [-0.2, -0.15) is 12.6 Å². The fourth-order valence-corrected chi connectivity index (χ4v) is 2.30. The number of aliphatic carboxylic acids is 1. The molecule has 10 heteroatoms. The van der Waals surface area contributed by atoms with E-state index in [1.165, 1.54) is 0 Å². The van der Waals surface area contributed by atoms with Crippen molar-refractivity contribution >= 4 is 36.3 Å². The van der Waals surface area contributed by atoms with Crippen molar-refractivity contribution in [3.63, 3.8) is 0 Å². The molecule has 1 heterocycles. The number of carbonyl (C=O) groups excluding carboxylic acids is 3. The molecule has 9 nitrogen and oxygen atoms in total. The van der Waals surface area contributed by atoms with Gasteiger partial charge in [0.2, 0.25) is 17.7 Å². The van der Waals surface area contributed by atoms with E-state index in [0.717, 1.165) is 6.42 Å². The second kappa shape index (κ2) is 8.59. The summed E-state index contributed by atoms with van der Waals surface area (Å²) in [6.07, 6.45) is 1.06. The van der Waals surface area contributed by atoms with Crippen molar-refractivity contribution in [2.24, 2.45) is 5.73 Å². The summed E-state index contributed by atoms with van der Waals surface area (Å²) in [5.41, 5.74) is 5.07. The van der Waals surface area contributed by atoms with Gasteiger partial charge in [-0.15, -0.1) is 0 Å². The minimum Gasteiger partial charge on any atom is -0.480 e. The first-order valence-corrected chi connectivity index (χ1v) is 7.44. The van der Waals surface area contributed by atoms with Crippen molar-refractivity contribution in [2.45, 2.75) is 37.4 Å². The molecule has 0 aliphatic carbocycles. The van der Waals surface area contributed by atoms with Crippen molar-refractivity contribution in [1.29, 1.82) is 0 Å². The molecule has 6 N–H and O–H groups in total. The lowest BCUT2D eigenvalue weighted by Gasteiger charge is -2.21. The summed E-state index contributed by atoms with van der Waals surface area (Å²) < 4.78 is 0. The molecule has 0 aromatic carbocycles. The smallest absolute Gasteiger partial charge is 0.327 e. The fourth-order valence-electron chi connectivity index (χ4n) is 2.05. The van der Waals surface area contributed by atoms with Gasteiger partial charge >= 0.3 is 5.97 Å². The van der Waals surface area contributed by atoms with Gasteiger partial charge in [-0.3, -0.25) is 14.4 Å². The Labute approximate surface area is 132 Å². The molecule has 1 aliphatic heterocycles. The number of rotatable bonds is 8. The van der Waals surface area contributed by atoms with E-state index >= 15 is 0 Å². The summed E-state index contributed by atoms with van der Waals surface area (Å²) in [6.45, 7) is 0.700. The zero-order chi connectivity index (χ0) is 16.7. The number of hydrogen-bond acceptors (Lipinski definition) is 6. The summed E-state index contributed by atoms with van der Waals surface area (Å²) in [7, 11) is 0. The topological polar surface area (TPSA) is 151 Å². The molecule has 1 saturated heterocycles. The number of nitrogens with one attached hydrogen (secondary N) is 3. The number of carbonyl (C=O) groups is 4. The molecule has 1 aliphatic rings. The third kappa shape index (κ3) is 5.53. The van der Waals surface area contributed by atoms with E-state index in [0.29, 0.717) is 13.0 Å². The average Bonchev–Trinajstić information content (AvgIpc) is 2.96. The summed E-state index contributed by atoms with van der Waals surface area (Å²) >= 11 is 3.82. The first kappa shape index (κ1) is 18.2. The molecule has 1 fully saturated rings. The third-order valence-corrected chi connectivity index (χ3v) is 3.58. The molecule has 0 aromatic rings. The van der Waals surface area contributed by atoms with Gasteiger partial charge in [0.15, 0.2) is 0 Å². The molecule has 0 saturated carbocycles. The van der Waals surface area contributed by atoms with Crippen LogP contribution in [0.5, 0.6) is 0 Å². The average molecular weight is 332 g/mol. The summed E-state index contributed by atoms with van der Waals surface area (Å²) in [6, 6.07) is -2.86. The highest BCUT2D eigenvalue weighted by molar-refractivity contribution is 7.80. The van der Waals surface area contributed by atoms with Crippen LogP contribution < -0.4 is 21.7 Å². The van der Waals surface area contributed by atoms with Crippen molar-refractivity contribution in [3.8, 4) is 0 Å². The van der Waals surface area contributed by atoms with E-state index < -0.39 is 48.2 Å². The van der Waals surface area contributed by atoms with Crippen LogP contribution in [0.1, 0.15) is 19.3 Å². The van der Waals surface area contributed by atoms with Crippen LogP contribution in [-0.4, -0.2) is 59.2 Å². The molecule has 22 heavy (non-hydrogen) atoms. The lowest BCUT2D eigenvalue weighted by atomic mass is 10.1. The molecule has 3 atom stereocenters. The zero-order valence-electron chi connectivity index (χ0n) is 11.9. The van der Waals surface area contributed by atoms with Crippen molar-refractivity contribution in [1.82, 2.24) is 16.0 Å². The molecular weight excluding hydrogens is 312 g/mol. The van der Waals surface area contributed by atoms with Crippen LogP contribution in [0.4, 0.5) is 0 Å². The van der Waals surface area contributed by atoms with Crippen LogP contribution in [0.25, 0.3) is 0 Å². The number of carboxylic acid groups (broad SMARTS) is 1. The van der Waals surface area contributed by atoms with Gasteiger partial charge in [0.1, 0.15) is 12.1 Å². The Hall–Kier alpha value is -1.81. The van der Waals surface area contributed by atoms with Gasteiger partial charge in [-0.05, 0) is 19.4 Å². The van der Waals surface area contributed by atoms with Gasteiger partial charge in [-0.25, -0.2) is 4.79 Å². The molecule has 0 aromatic heterocycles. The molecule has 0 radical (unpaired) electrons. The van der Waals surface area contributed by atoms with Crippen molar-refractivity contribution in [3.05, 3.63) is 0 Å². The Morgan fingerprint density at radius 2 is 1.95 bits per heavy atom. The Kier molecular flexibility index (Phi) is 7.12. The summed E-state index contributed by atoms with van der Waals surface area (Å²) in [5.74, 6) is -3.37. The maximum absolute atomic E-state index is 12.1. The highest BCUT2D eigenvalue weighted by atomic mass is 32.1. The summed E-state index contributed by atoms with van der Waals surface area (Å²) in [4.78, 5) is 46.0. The molecule has 124 valence electrons. The second-order valence-corrected chi connectivity index (χ2v) is 5.33. The molecule has 3 unspecified atom stereocenters. The van der Waals surface area contributed by atoms with Crippen molar-refractivity contribution in [2.75, 3.05) is 12.3 Å². The SMILES string of the molecule is NC(=O)CC(NC(=O)C1CCCN1)C(=O)NC(CS)C(=O)O. The quantitative estimate of drug-likeness (QED) is 0.273. The number of primary amides is 1. The zero-order valence-corrected chi connectivity index (χ0v) is 12.8. The number of amides is 3. The lowest BCUT2D eigenvalue weighted by molar-refractivity contribution is -0.141. The minimum atomic E-state index is -1.26. The van der Waals surface area contributed by atoms with Crippen LogP contribution in [0.3, 0.4) is 0 Å². The number of hydrogen-bond donors (Lipinski definition) is 6.